The van der Waals surface area contributed by atoms with Crippen LogP contribution < -0.4 is 5.32 Å². The number of amides is 1. The molecule has 1 N–H and O–H groups in total. The molecule has 1 amide bonds. The molecule has 0 saturated carbocycles. The summed E-state index contributed by atoms with van der Waals surface area (Å²) in [5.41, 5.74) is 0. The van der Waals surface area contributed by atoms with Crippen molar-refractivity contribution in [1.29, 1.82) is 0 Å². The van der Waals surface area contributed by atoms with E-state index >= 15 is 0 Å². The molecule has 2 aliphatic rings. The summed E-state index contributed by atoms with van der Waals surface area (Å²) in [6.45, 7) is 9.07. The first-order chi connectivity index (χ1) is 8.70. The quantitative estimate of drug-likeness (QED) is 0.814. The number of carbonyl (C=O) groups is 1. The van der Waals surface area contributed by atoms with Crippen LogP contribution in [-0.2, 0) is 4.79 Å². The van der Waals surface area contributed by atoms with Gasteiger partial charge < -0.3 is 10.2 Å². The fourth-order valence-corrected chi connectivity index (χ4v) is 2.95. The number of hydrogen-bond donors (Lipinski definition) is 1. The van der Waals surface area contributed by atoms with Gasteiger partial charge in [-0.25, -0.2) is 0 Å². The van der Waals surface area contributed by atoms with Gasteiger partial charge in [-0.2, -0.15) is 0 Å². The Morgan fingerprint density at radius 2 is 2.11 bits per heavy atom. The van der Waals surface area contributed by atoms with E-state index in [4.69, 9.17) is 0 Å². The van der Waals surface area contributed by atoms with Crippen LogP contribution in [0.5, 0.6) is 0 Å². The fraction of sp³-hybridized carbons (Fsp3) is 0.929. The van der Waals surface area contributed by atoms with Crippen molar-refractivity contribution in [2.24, 2.45) is 0 Å². The molecule has 0 bridgehead atoms. The summed E-state index contributed by atoms with van der Waals surface area (Å²) in [6, 6.07) is 1.06. The maximum Gasteiger partial charge on any atom is 0.236 e. The Balaban J connectivity index is 1.82. The van der Waals surface area contributed by atoms with Crippen molar-refractivity contribution in [3.05, 3.63) is 0 Å². The third kappa shape index (κ3) is 3.45. The van der Waals surface area contributed by atoms with Crippen molar-refractivity contribution < 1.29 is 4.79 Å². The highest BCUT2D eigenvalue weighted by atomic mass is 16.2. The first-order valence-corrected chi connectivity index (χ1v) is 7.46. The highest BCUT2D eigenvalue weighted by molar-refractivity contribution is 5.78. The molecule has 2 unspecified atom stereocenters. The molecule has 2 atom stereocenters. The molecule has 2 rings (SSSR count). The van der Waals surface area contributed by atoms with Gasteiger partial charge in [-0.1, -0.05) is 6.92 Å². The first-order valence-electron chi connectivity index (χ1n) is 7.46. The summed E-state index contributed by atoms with van der Waals surface area (Å²) in [7, 11) is 0. The molecule has 0 aromatic heterocycles. The SMILES string of the molecule is CCC(C)NCC(=O)N1CCCN2CCCC2C1. The Bertz CT molecular complexity index is 282. The Labute approximate surface area is 111 Å². The summed E-state index contributed by atoms with van der Waals surface area (Å²) in [5, 5.41) is 3.30. The van der Waals surface area contributed by atoms with Crippen molar-refractivity contribution >= 4 is 5.91 Å². The summed E-state index contributed by atoms with van der Waals surface area (Å²) < 4.78 is 0. The average Bonchev–Trinajstić information content (AvgIpc) is 2.72. The molecule has 2 fully saturated rings. The van der Waals surface area contributed by atoms with Crippen LogP contribution in [0.4, 0.5) is 0 Å². The zero-order valence-corrected chi connectivity index (χ0v) is 11.8. The maximum atomic E-state index is 12.2. The molecule has 2 heterocycles. The summed E-state index contributed by atoms with van der Waals surface area (Å²) in [6.07, 6.45) is 4.77. The van der Waals surface area contributed by atoms with Gasteiger partial charge in [0.1, 0.15) is 0 Å². The highest BCUT2D eigenvalue weighted by Crippen LogP contribution is 2.21. The zero-order valence-electron chi connectivity index (χ0n) is 11.8. The van der Waals surface area contributed by atoms with Crippen LogP contribution in [0.2, 0.25) is 0 Å². The standard InChI is InChI=1S/C14H27N3O/c1-3-12(2)15-10-14(18)17-9-5-8-16-7-4-6-13(16)11-17/h12-13,15H,3-11H2,1-2H3. The molecule has 0 aromatic rings. The Morgan fingerprint density at radius 1 is 1.33 bits per heavy atom. The smallest absolute Gasteiger partial charge is 0.236 e. The summed E-state index contributed by atoms with van der Waals surface area (Å²) >= 11 is 0. The molecule has 104 valence electrons. The molecular formula is C14H27N3O. The largest absolute Gasteiger partial charge is 0.340 e. The van der Waals surface area contributed by atoms with Gasteiger partial charge >= 0.3 is 0 Å². The Kier molecular flexibility index (Phi) is 5.01. The number of rotatable bonds is 4. The lowest BCUT2D eigenvalue weighted by Gasteiger charge is -2.26. The molecule has 4 nitrogen and oxygen atoms in total. The minimum atomic E-state index is 0.282. The zero-order chi connectivity index (χ0) is 13.0. The maximum absolute atomic E-state index is 12.2. The highest BCUT2D eigenvalue weighted by Gasteiger charge is 2.30. The van der Waals surface area contributed by atoms with Crippen LogP contribution in [-0.4, -0.2) is 60.5 Å². The van der Waals surface area contributed by atoms with Crippen LogP contribution >= 0.6 is 0 Å². The predicted molar refractivity (Wildman–Crippen MR) is 73.5 cm³/mol. The van der Waals surface area contributed by atoms with Gasteiger partial charge in [0.05, 0.1) is 6.54 Å². The minimum Gasteiger partial charge on any atom is -0.340 e. The van der Waals surface area contributed by atoms with Gasteiger partial charge in [0.2, 0.25) is 5.91 Å². The van der Waals surface area contributed by atoms with E-state index < -0.39 is 0 Å². The van der Waals surface area contributed by atoms with Crippen LogP contribution in [0.1, 0.15) is 39.5 Å². The van der Waals surface area contributed by atoms with Gasteiger partial charge in [-0.15, -0.1) is 0 Å². The van der Waals surface area contributed by atoms with Crippen LogP contribution in [0.25, 0.3) is 0 Å². The van der Waals surface area contributed by atoms with Crippen molar-refractivity contribution in [3.63, 3.8) is 0 Å². The van der Waals surface area contributed by atoms with Gasteiger partial charge in [0.15, 0.2) is 0 Å². The number of carbonyl (C=O) groups excluding carboxylic acids is 1. The normalized spacial score (nSPS) is 26.8. The molecule has 2 saturated heterocycles. The first kappa shape index (κ1) is 13.8. The summed E-state index contributed by atoms with van der Waals surface area (Å²) in [4.78, 5) is 16.8. The van der Waals surface area contributed by atoms with E-state index in [1.165, 1.54) is 25.9 Å². The van der Waals surface area contributed by atoms with Crippen LogP contribution in [0, 0.1) is 0 Å². The minimum absolute atomic E-state index is 0.282. The van der Waals surface area contributed by atoms with Crippen molar-refractivity contribution in [1.82, 2.24) is 15.1 Å². The van der Waals surface area contributed by atoms with E-state index in [1.54, 1.807) is 0 Å². The molecule has 4 heteroatoms. The Hall–Kier alpha value is -0.610. The topological polar surface area (TPSA) is 35.6 Å². The van der Waals surface area contributed by atoms with Crippen molar-refractivity contribution in [3.8, 4) is 0 Å². The number of nitrogens with zero attached hydrogens (tertiary/aromatic N) is 2. The second-order valence-corrected chi connectivity index (χ2v) is 5.72. The lowest BCUT2D eigenvalue weighted by atomic mass is 10.2. The van der Waals surface area contributed by atoms with E-state index in [9.17, 15) is 4.79 Å². The van der Waals surface area contributed by atoms with Gasteiger partial charge in [-0.3, -0.25) is 9.69 Å². The van der Waals surface area contributed by atoms with Gasteiger partial charge in [0, 0.05) is 31.7 Å². The van der Waals surface area contributed by atoms with E-state index in [1.807, 2.05) is 0 Å². The van der Waals surface area contributed by atoms with Gasteiger partial charge in [0.25, 0.3) is 0 Å². The molecule has 0 radical (unpaired) electrons. The molecule has 2 aliphatic heterocycles. The lowest BCUT2D eigenvalue weighted by molar-refractivity contribution is -0.130. The summed E-state index contributed by atoms with van der Waals surface area (Å²) in [5.74, 6) is 0.282. The third-order valence-corrected chi connectivity index (χ3v) is 4.37. The predicted octanol–water partition coefficient (Wildman–Crippen LogP) is 1.07. The number of hydrogen-bond acceptors (Lipinski definition) is 3. The number of fused-ring (bicyclic) bond motifs is 1. The second-order valence-electron chi connectivity index (χ2n) is 5.72. The Morgan fingerprint density at radius 3 is 2.89 bits per heavy atom. The molecule has 0 spiro atoms. The fourth-order valence-electron chi connectivity index (χ4n) is 2.95. The van der Waals surface area contributed by atoms with Crippen molar-refractivity contribution in [2.45, 2.75) is 51.6 Å². The molecule has 18 heavy (non-hydrogen) atoms. The molecule has 0 aliphatic carbocycles. The van der Waals surface area contributed by atoms with Crippen LogP contribution in [0.3, 0.4) is 0 Å². The third-order valence-electron chi connectivity index (χ3n) is 4.37. The van der Waals surface area contributed by atoms with E-state index in [2.05, 4.69) is 29.0 Å². The van der Waals surface area contributed by atoms with E-state index in [0.29, 0.717) is 18.6 Å². The second kappa shape index (κ2) is 6.53. The van der Waals surface area contributed by atoms with Gasteiger partial charge in [-0.05, 0) is 39.2 Å². The van der Waals surface area contributed by atoms with E-state index in [-0.39, 0.29) is 5.91 Å². The van der Waals surface area contributed by atoms with E-state index in [0.717, 1.165) is 25.9 Å². The average molecular weight is 253 g/mol. The van der Waals surface area contributed by atoms with Crippen molar-refractivity contribution in [2.75, 3.05) is 32.7 Å². The monoisotopic (exact) mass is 253 g/mol. The van der Waals surface area contributed by atoms with Crippen LogP contribution in [0.15, 0.2) is 0 Å². The molecular weight excluding hydrogens is 226 g/mol. The number of nitrogens with one attached hydrogen (secondary N) is 1. The molecule has 0 aromatic carbocycles. The lowest BCUT2D eigenvalue weighted by Crippen LogP contribution is -2.44.